The van der Waals surface area contributed by atoms with Crippen molar-refractivity contribution in [2.24, 2.45) is 0 Å². The maximum Gasteiger partial charge on any atom is 0.167 e. The number of nitrogens with zero attached hydrogens (tertiary/aromatic N) is 2. The van der Waals surface area contributed by atoms with Crippen LogP contribution in [0.15, 0.2) is 41.0 Å². The van der Waals surface area contributed by atoms with Crippen LogP contribution in [0.1, 0.15) is 35.3 Å². The molecule has 132 valence electrons. The Kier molecular flexibility index (Phi) is 5.54. The van der Waals surface area contributed by atoms with Crippen LogP contribution in [-0.2, 0) is 11.2 Å². The van der Waals surface area contributed by atoms with Gasteiger partial charge in [-0.25, -0.2) is 4.98 Å². The second-order valence-corrected chi connectivity index (χ2v) is 7.61. The highest BCUT2D eigenvalue weighted by Gasteiger charge is 2.23. The van der Waals surface area contributed by atoms with Crippen molar-refractivity contribution >= 4 is 27.5 Å². The summed E-state index contributed by atoms with van der Waals surface area (Å²) in [4.78, 5) is 19.3. The van der Waals surface area contributed by atoms with Gasteiger partial charge < -0.3 is 9.64 Å². The molecule has 2 heterocycles. The van der Waals surface area contributed by atoms with Crippen LogP contribution in [0.2, 0.25) is 0 Å². The number of aryl methyl sites for hydroxylation is 1. The number of pyridine rings is 1. The molecule has 0 radical (unpaired) electrons. The summed E-state index contributed by atoms with van der Waals surface area (Å²) in [5.41, 5.74) is 2.77. The minimum atomic E-state index is 0.101. The minimum absolute atomic E-state index is 0.101. The van der Waals surface area contributed by atoms with Crippen LogP contribution in [0.5, 0.6) is 0 Å². The topological polar surface area (TPSA) is 42.4 Å². The number of ether oxygens (including phenoxy) is 1. The highest BCUT2D eigenvalue weighted by Crippen LogP contribution is 2.21. The summed E-state index contributed by atoms with van der Waals surface area (Å²) < 4.78 is 6.72. The molecule has 0 N–H and O–H groups in total. The molecule has 2 atom stereocenters. The SMILES string of the molecule is Cc1ccc(C(=O)Cc2ccc(N3C[C@@H](C)O[C@@H](C)C3)nc2)cc1Br. The number of halogens is 1. The number of ketones is 1. The van der Waals surface area contributed by atoms with Gasteiger partial charge >= 0.3 is 0 Å². The van der Waals surface area contributed by atoms with Crippen molar-refractivity contribution in [2.45, 2.75) is 39.4 Å². The Morgan fingerprint density at radius 2 is 1.96 bits per heavy atom. The van der Waals surface area contributed by atoms with Crippen LogP contribution >= 0.6 is 15.9 Å². The molecule has 1 fully saturated rings. The Morgan fingerprint density at radius 3 is 2.56 bits per heavy atom. The second kappa shape index (κ2) is 7.67. The van der Waals surface area contributed by atoms with Crippen molar-refractivity contribution in [3.05, 3.63) is 57.7 Å². The molecule has 0 saturated carbocycles. The summed E-state index contributed by atoms with van der Waals surface area (Å²) in [7, 11) is 0. The van der Waals surface area contributed by atoms with Crippen molar-refractivity contribution in [3.63, 3.8) is 0 Å². The number of hydrogen-bond donors (Lipinski definition) is 0. The quantitative estimate of drug-likeness (QED) is 0.718. The van der Waals surface area contributed by atoms with E-state index in [1.54, 1.807) is 6.20 Å². The fourth-order valence-electron chi connectivity index (χ4n) is 3.13. The first-order valence-electron chi connectivity index (χ1n) is 8.57. The summed E-state index contributed by atoms with van der Waals surface area (Å²) in [6.07, 6.45) is 2.57. The Hall–Kier alpha value is -1.72. The average molecular weight is 403 g/mol. The van der Waals surface area contributed by atoms with Crippen molar-refractivity contribution in [3.8, 4) is 0 Å². The van der Waals surface area contributed by atoms with E-state index in [1.165, 1.54) is 0 Å². The number of anilines is 1. The van der Waals surface area contributed by atoms with Gasteiger partial charge in [0, 0.05) is 35.7 Å². The molecule has 1 aliphatic rings. The second-order valence-electron chi connectivity index (χ2n) is 6.75. The smallest absolute Gasteiger partial charge is 0.167 e. The van der Waals surface area contributed by atoms with E-state index in [2.05, 4.69) is 39.7 Å². The van der Waals surface area contributed by atoms with Gasteiger partial charge in [0.1, 0.15) is 5.82 Å². The van der Waals surface area contributed by atoms with Gasteiger partial charge in [-0.05, 0) is 44.0 Å². The van der Waals surface area contributed by atoms with Gasteiger partial charge in [-0.3, -0.25) is 4.79 Å². The molecule has 2 aromatic rings. The van der Waals surface area contributed by atoms with Crippen molar-refractivity contribution in [1.82, 2.24) is 4.98 Å². The normalized spacial score (nSPS) is 20.6. The standard InChI is InChI=1S/C20H23BrN2O2/c1-13-4-6-17(9-18(13)21)19(24)8-16-5-7-20(22-10-16)23-11-14(2)25-15(3)12-23/h4-7,9-10,14-15H,8,11-12H2,1-3H3/t14-,15+. The van der Waals surface area contributed by atoms with Crippen molar-refractivity contribution in [1.29, 1.82) is 0 Å². The lowest BCUT2D eigenvalue weighted by Gasteiger charge is -2.36. The maximum atomic E-state index is 12.5. The molecule has 1 aromatic carbocycles. The van der Waals surface area contributed by atoms with E-state index in [1.807, 2.05) is 37.3 Å². The summed E-state index contributed by atoms with van der Waals surface area (Å²) in [6, 6.07) is 9.71. The van der Waals surface area contributed by atoms with E-state index in [0.29, 0.717) is 6.42 Å². The zero-order chi connectivity index (χ0) is 18.0. The van der Waals surface area contributed by atoms with E-state index in [0.717, 1.165) is 40.1 Å². The number of rotatable bonds is 4. The first-order valence-corrected chi connectivity index (χ1v) is 9.36. The van der Waals surface area contributed by atoms with E-state index < -0.39 is 0 Å². The zero-order valence-corrected chi connectivity index (χ0v) is 16.4. The van der Waals surface area contributed by atoms with Gasteiger partial charge in [0.25, 0.3) is 0 Å². The van der Waals surface area contributed by atoms with E-state index >= 15 is 0 Å². The Balaban J connectivity index is 1.68. The number of carbonyl (C=O) groups is 1. The fraction of sp³-hybridized carbons (Fsp3) is 0.400. The molecule has 1 saturated heterocycles. The van der Waals surface area contributed by atoms with Gasteiger partial charge in [0.2, 0.25) is 0 Å². The lowest BCUT2D eigenvalue weighted by molar-refractivity contribution is -0.00545. The summed E-state index contributed by atoms with van der Waals surface area (Å²) in [5, 5.41) is 0. The van der Waals surface area contributed by atoms with Crippen molar-refractivity contribution in [2.75, 3.05) is 18.0 Å². The lowest BCUT2D eigenvalue weighted by Crippen LogP contribution is -2.45. The highest BCUT2D eigenvalue weighted by molar-refractivity contribution is 9.10. The predicted molar refractivity (Wildman–Crippen MR) is 103 cm³/mol. The summed E-state index contributed by atoms with van der Waals surface area (Å²) in [5.74, 6) is 1.04. The first-order chi connectivity index (χ1) is 11.9. The molecule has 0 bridgehead atoms. The molecule has 1 aromatic heterocycles. The molecule has 0 amide bonds. The molecule has 0 aliphatic carbocycles. The average Bonchev–Trinajstić information content (AvgIpc) is 2.57. The third-order valence-corrected chi connectivity index (χ3v) is 5.27. The van der Waals surface area contributed by atoms with Crippen LogP contribution in [0, 0.1) is 6.92 Å². The Bertz CT molecular complexity index is 751. The first kappa shape index (κ1) is 18.1. The number of Topliss-reactive ketones (excluding diaryl/α,β-unsaturated/α-hetero) is 1. The zero-order valence-electron chi connectivity index (χ0n) is 14.8. The van der Waals surface area contributed by atoms with Crippen LogP contribution in [0.3, 0.4) is 0 Å². The van der Waals surface area contributed by atoms with Crippen LogP contribution in [0.25, 0.3) is 0 Å². The lowest BCUT2D eigenvalue weighted by atomic mass is 10.0. The monoisotopic (exact) mass is 402 g/mol. The van der Waals surface area contributed by atoms with E-state index in [4.69, 9.17) is 4.74 Å². The number of carbonyl (C=O) groups excluding carboxylic acids is 1. The third-order valence-electron chi connectivity index (χ3n) is 4.41. The Morgan fingerprint density at radius 1 is 1.24 bits per heavy atom. The van der Waals surface area contributed by atoms with Gasteiger partial charge in [-0.2, -0.15) is 0 Å². The Labute approximate surface area is 157 Å². The van der Waals surface area contributed by atoms with Gasteiger partial charge in [0.15, 0.2) is 5.78 Å². The molecule has 5 heteroatoms. The molecule has 0 unspecified atom stereocenters. The van der Waals surface area contributed by atoms with E-state index in [-0.39, 0.29) is 18.0 Å². The van der Waals surface area contributed by atoms with E-state index in [9.17, 15) is 4.79 Å². The number of morpholine rings is 1. The highest BCUT2D eigenvalue weighted by atomic mass is 79.9. The van der Waals surface area contributed by atoms with Crippen molar-refractivity contribution < 1.29 is 9.53 Å². The molecule has 1 aliphatic heterocycles. The molecular formula is C20H23BrN2O2. The molecular weight excluding hydrogens is 380 g/mol. The number of aromatic nitrogens is 1. The van der Waals surface area contributed by atoms with Crippen LogP contribution in [0.4, 0.5) is 5.82 Å². The fourth-order valence-corrected chi connectivity index (χ4v) is 3.51. The molecule has 0 spiro atoms. The third kappa shape index (κ3) is 4.47. The van der Waals surface area contributed by atoms with Gasteiger partial charge in [-0.1, -0.05) is 34.1 Å². The molecule has 4 nitrogen and oxygen atoms in total. The summed E-state index contributed by atoms with van der Waals surface area (Å²) in [6.45, 7) is 7.85. The molecule has 3 rings (SSSR count). The maximum absolute atomic E-state index is 12.5. The summed E-state index contributed by atoms with van der Waals surface area (Å²) >= 11 is 3.48. The number of benzene rings is 1. The largest absolute Gasteiger partial charge is 0.372 e. The predicted octanol–water partition coefficient (Wildman–Crippen LogP) is 4.19. The van der Waals surface area contributed by atoms with Crippen LogP contribution in [-0.4, -0.2) is 36.1 Å². The van der Waals surface area contributed by atoms with Gasteiger partial charge in [0.05, 0.1) is 12.2 Å². The molecule has 25 heavy (non-hydrogen) atoms. The number of hydrogen-bond acceptors (Lipinski definition) is 4. The van der Waals surface area contributed by atoms with Crippen LogP contribution < -0.4 is 4.90 Å². The van der Waals surface area contributed by atoms with Gasteiger partial charge in [-0.15, -0.1) is 0 Å². The minimum Gasteiger partial charge on any atom is -0.372 e.